The summed E-state index contributed by atoms with van der Waals surface area (Å²) in [5.74, 6) is -0.642. The third-order valence-corrected chi connectivity index (χ3v) is 4.80. The molecule has 0 aliphatic carbocycles. The Morgan fingerprint density at radius 2 is 2.23 bits per heavy atom. The molecule has 8 nitrogen and oxygen atoms in total. The second-order valence-corrected chi connectivity index (χ2v) is 7.18. The number of nitrogens with one attached hydrogen (secondary N) is 1. The van der Waals surface area contributed by atoms with Crippen LogP contribution in [-0.2, 0) is 25.4 Å². The van der Waals surface area contributed by atoms with E-state index in [-0.39, 0.29) is 21.8 Å². The van der Waals surface area contributed by atoms with Gasteiger partial charge in [0, 0.05) is 12.0 Å². The molecule has 0 saturated carbocycles. The van der Waals surface area contributed by atoms with Crippen LogP contribution in [0.15, 0.2) is 40.5 Å². The van der Waals surface area contributed by atoms with E-state index in [2.05, 4.69) is 15.5 Å². The Morgan fingerprint density at radius 3 is 2.81 bits per heavy atom. The zero-order valence-corrected chi connectivity index (χ0v) is 14.9. The van der Waals surface area contributed by atoms with Gasteiger partial charge in [0.1, 0.15) is 0 Å². The van der Waals surface area contributed by atoms with Crippen LogP contribution in [0.25, 0.3) is 0 Å². The molecule has 1 aliphatic heterocycles. The van der Waals surface area contributed by atoms with Gasteiger partial charge in [-0.15, -0.1) is 0 Å². The highest BCUT2D eigenvalue weighted by Gasteiger charge is 2.21. The molecule has 0 bridgehead atoms. The summed E-state index contributed by atoms with van der Waals surface area (Å²) in [6, 6.07) is 5.74. The molecule has 11 heteroatoms. The van der Waals surface area contributed by atoms with E-state index in [0.29, 0.717) is 36.5 Å². The first-order valence-electron chi connectivity index (χ1n) is 7.48. The van der Waals surface area contributed by atoms with Gasteiger partial charge in [0.2, 0.25) is 0 Å². The molecule has 1 aromatic carbocycles. The van der Waals surface area contributed by atoms with Crippen molar-refractivity contribution in [2.75, 3.05) is 18.5 Å². The molecule has 1 amide bonds. The van der Waals surface area contributed by atoms with E-state index in [9.17, 15) is 13.4 Å². The van der Waals surface area contributed by atoms with E-state index in [1.54, 1.807) is 0 Å². The van der Waals surface area contributed by atoms with Crippen LogP contribution in [0.2, 0.25) is 0 Å². The summed E-state index contributed by atoms with van der Waals surface area (Å²) >= 11 is -1.45. The molecule has 0 spiro atoms. The number of rotatable bonds is 6. The number of nitrogens with zero attached hydrogens (tertiary/aromatic N) is 2. The standard InChI is InChI=1S/C15H14FN3O5S2/c16-12-7-17-15(25-12)18-14(20)13(19-24-10-5-6-23-8-10)9-1-3-11(4-2-9)26(21)22/h1-4,7,10H,5-6,8H2,(H,21,22)(H,17,18,20)/b19-13+/t10-/m1/s1. The Bertz CT molecular complexity index is 834. The quantitative estimate of drug-likeness (QED) is 0.437. The fraction of sp³-hybridized carbons (Fsp3) is 0.267. The van der Waals surface area contributed by atoms with E-state index in [1.165, 1.54) is 24.3 Å². The summed E-state index contributed by atoms with van der Waals surface area (Å²) in [7, 11) is 0. The van der Waals surface area contributed by atoms with Crippen molar-refractivity contribution in [1.29, 1.82) is 0 Å². The van der Waals surface area contributed by atoms with Gasteiger partial charge in [-0.3, -0.25) is 10.1 Å². The smallest absolute Gasteiger partial charge is 0.280 e. The molecule has 1 unspecified atom stereocenters. The molecule has 26 heavy (non-hydrogen) atoms. The van der Waals surface area contributed by atoms with Crippen LogP contribution < -0.4 is 5.32 Å². The van der Waals surface area contributed by atoms with Gasteiger partial charge in [0.15, 0.2) is 33.2 Å². The second-order valence-electron chi connectivity index (χ2n) is 5.23. The lowest BCUT2D eigenvalue weighted by Crippen LogP contribution is -2.25. The normalized spacial score (nSPS) is 18.5. The van der Waals surface area contributed by atoms with Crippen LogP contribution in [0, 0.1) is 5.13 Å². The number of aromatic nitrogens is 1. The molecule has 2 atom stereocenters. The molecule has 1 aromatic heterocycles. The van der Waals surface area contributed by atoms with Gasteiger partial charge in [-0.25, -0.2) is 9.19 Å². The number of oxime groups is 1. The third kappa shape index (κ3) is 4.69. The first kappa shape index (κ1) is 18.6. The molecule has 1 saturated heterocycles. The molecule has 2 heterocycles. The summed E-state index contributed by atoms with van der Waals surface area (Å²) in [5.41, 5.74) is 0.301. The van der Waals surface area contributed by atoms with Crippen LogP contribution in [0.3, 0.4) is 0 Å². The number of ether oxygens (including phenoxy) is 1. The van der Waals surface area contributed by atoms with Crippen molar-refractivity contribution >= 4 is 39.2 Å². The maximum atomic E-state index is 13.1. The number of thiazole rings is 1. The van der Waals surface area contributed by atoms with Gasteiger partial charge in [-0.2, -0.15) is 4.39 Å². The van der Waals surface area contributed by atoms with Crippen molar-refractivity contribution in [2.45, 2.75) is 17.4 Å². The van der Waals surface area contributed by atoms with Gasteiger partial charge in [0.25, 0.3) is 5.91 Å². The van der Waals surface area contributed by atoms with Crippen molar-refractivity contribution in [3.8, 4) is 0 Å². The largest absolute Gasteiger partial charge is 0.389 e. The number of amides is 1. The van der Waals surface area contributed by atoms with Gasteiger partial charge >= 0.3 is 0 Å². The minimum atomic E-state index is -2.13. The van der Waals surface area contributed by atoms with Gasteiger partial charge in [-0.1, -0.05) is 28.6 Å². The van der Waals surface area contributed by atoms with Crippen LogP contribution in [0.4, 0.5) is 9.52 Å². The van der Waals surface area contributed by atoms with E-state index >= 15 is 0 Å². The topological polar surface area (TPSA) is 110 Å². The predicted octanol–water partition coefficient (Wildman–Crippen LogP) is 2.01. The minimum absolute atomic E-state index is 0.0669. The molecule has 1 fully saturated rings. The minimum Gasteiger partial charge on any atom is -0.389 e. The zero-order valence-electron chi connectivity index (χ0n) is 13.3. The summed E-state index contributed by atoms with van der Waals surface area (Å²) in [4.78, 5) is 21.8. The molecule has 0 radical (unpaired) electrons. The predicted molar refractivity (Wildman–Crippen MR) is 93.0 cm³/mol. The van der Waals surface area contributed by atoms with E-state index in [1.807, 2.05) is 0 Å². The van der Waals surface area contributed by atoms with E-state index in [4.69, 9.17) is 14.1 Å². The number of anilines is 1. The molecule has 3 rings (SSSR count). The number of carbonyl (C=O) groups excluding carboxylic acids is 1. The van der Waals surface area contributed by atoms with E-state index in [0.717, 1.165) is 6.20 Å². The highest BCUT2D eigenvalue weighted by molar-refractivity contribution is 7.79. The van der Waals surface area contributed by atoms with Gasteiger partial charge in [0.05, 0.1) is 24.3 Å². The maximum absolute atomic E-state index is 13.1. The van der Waals surface area contributed by atoms with Crippen LogP contribution in [-0.4, -0.2) is 44.7 Å². The Balaban J connectivity index is 1.83. The summed E-state index contributed by atoms with van der Waals surface area (Å²) in [6.45, 7) is 0.926. The molecular formula is C15H14FN3O5S2. The maximum Gasteiger partial charge on any atom is 0.280 e. The second kappa shape index (κ2) is 8.45. The summed E-state index contributed by atoms with van der Waals surface area (Å²) in [5, 5.41) is 5.92. The molecular weight excluding hydrogens is 385 g/mol. The average molecular weight is 399 g/mol. The molecule has 2 aromatic rings. The Labute approximate surface area is 154 Å². The average Bonchev–Trinajstić information content (AvgIpc) is 3.27. The number of halogens is 1. The monoisotopic (exact) mass is 399 g/mol. The summed E-state index contributed by atoms with van der Waals surface area (Å²) < 4.78 is 38.4. The Morgan fingerprint density at radius 1 is 1.46 bits per heavy atom. The summed E-state index contributed by atoms with van der Waals surface area (Å²) in [6.07, 6.45) is 1.38. The lowest BCUT2D eigenvalue weighted by atomic mass is 10.1. The highest BCUT2D eigenvalue weighted by atomic mass is 32.2. The number of hydrogen-bond acceptors (Lipinski definition) is 7. The van der Waals surface area contributed by atoms with Gasteiger partial charge < -0.3 is 14.1 Å². The zero-order chi connectivity index (χ0) is 18.5. The van der Waals surface area contributed by atoms with Crippen molar-refractivity contribution < 1.29 is 27.5 Å². The lowest BCUT2D eigenvalue weighted by molar-refractivity contribution is -0.110. The Hall–Kier alpha value is -2.21. The van der Waals surface area contributed by atoms with Crippen LogP contribution in [0.5, 0.6) is 0 Å². The molecule has 2 N–H and O–H groups in total. The SMILES string of the molecule is O=C(Nc1ncc(F)s1)/C(=N/O[C@@H]1CCOC1)c1ccc(S(=O)O)cc1. The third-order valence-electron chi connectivity index (χ3n) is 3.42. The van der Waals surface area contributed by atoms with Crippen molar-refractivity contribution in [3.05, 3.63) is 41.2 Å². The van der Waals surface area contributed by atoms with Crippen LogP contribution in [0.1, 0.15) is 12.0 Å². The van der Waals surface area contributed by atoms with Crippen molar-refractivity contribution in [3.63, 3.8) is 0 Å². The Kier molecular flexibility index (Phi) is 6.04. The van der Waals surface area contributed by atoms with Crippen molar-refractivity contribution in [2.24, 2.45) is 5.16 Å². The van der Waals surface area contributed by atoms with Crippen LogP contribution >= 0.6 is 11.3 Å². The number of hydrogen-bond donors (Lipinski definition) is 2. The highest BCUT2D eigenvalue weighted by Crippen LogP contribution is 2.17. The first-order valence-corrected chi connectivity index (χ1v) is 9.41. The fourth-order valence-corrected chi connectivity index (χ4v) is 3.05. The van der Waals surface area contributed by atoms with E-state index < -0.39 is 22.1 Å². The molecule has 1 aliphatic rings. The fourth-order valence-electron chi connectivity index (χ4n) is 2.15. The number of benzene rings is 1. The first-order chi connectivity index (χ1) is 12.5. The lowest BCUT2D eigenvalue weighted by Gasteiger charge is -2.10. The molecule has 138 valence electrons. The van der Waals surface area contributed by atoms with Gasteiger partial charge in [-0.05, 0) is 12.1 Å². The number of carbonyl (C=O) groups is 1. The van der Waals surface area contributed by atoms with Crippen molar-refractivity contribution in [1.82, 2.24) is 4.98 Å².